The maximum absolute atomic E-state index is 12.7. The van der Waals surface area contributed by atoms with Crippen LogP contribution < -0.4 is 15.9 Å². The van der Waals surface area contributed by atoms with Crippen molar-refractivity contribution in [3.63, 3.8) is 0 Å². The molecule has 0 amide bonds. The summed E-state index contributed by atoms with van der Waals surface area (Å²) >= 11 is 0. The highest BCUT2D eigenvalue weighted by molar-refractivity contribution is 7.63. The second kappa shape index (κ2) is 13.8. The predicted molar refractivity (Wildman–Crippen MR) is 166 cm³/mol. The van der Waals surface area contributed by atoms with Crippen LogP contribution in [0, 0.1) is 15.5 Å². The summed E-state index contributed by atoms with van der Waals surface area (Å²) in [6.07, 6.45) is -2.05. The number of para-hydroxylation sites is 1. The number of benzene rings is 1. The van der Waals surface area contributed by atoms with Crippen molar-refractivity contribution in [2.24, 2.45) is 12.5 Å². The Bertz CT molecular complexity index is 1980. The number of aryl methyl sites for hydroxylation is 1. The maximum Gasteiger partial charge on any atom is 0.480 e. The third-order valence-electron chi connectivity index (χ3n) is 7.47. The molecule has 7 atom stereocenters. The number of hydrogen-bond donors (Lipinski definition) is 5. The number of hydrogen-bond acceptors (Lipinski definition) is 14. The fraction of sp³-hybridized carbons (Fsp3) is 0.462. The average molecular weight is 730 g/mol. The van der Waals surface area contributed by atoms with Crippen LogP contribution >= 0.6 is 15.6 Å². The molecule has 4 aromatic rings. The number of aromatic amines is 1. The number of ether oxygens (including phenoxy) is 3. The van der Waals surface area contributed by atoms with Crippen molar-refractivity contribution in [1.82, 2.24) is 23.9 Å². The number of nitrogens with two attached hydrogens (primary N) is 1. The molecule has 0 bridgehead atoms. The summed E-state index contributed by atoms with van der Waals surface area (Å²) in [5.74, 6) is -0.223. The molecule has 23 heteroatoms. The first-order valence-corrected chi connectivity index (χ1v) is 17.5. The fourth-order valence-electron chi connectivity index (χ4n) is 5.35. The number of imidazole rings is 2. The van der Waals surface area contributed by atoms with Crippen LogP contribution in [-0.4, -0.2) is 75.4 Å². The van der Waals surface area contributed by atoms with E-state index in [-0.39, 0.29) is 28.4 Å². The molecule has 3 aromatic heterocycles. The summed E-state index contributed by atoms with van der Waals surface area (Å²) in [5, 5.41) is 23.1. The summed E-state index contributed by atoms with van der Waals surface area (Å²) in [6, 6.07) is 6.06. The molecule has 5 rings (SSSR count). The molecular weight excluding hydrogens is 694 g/mol. The number of phosphoric ester groups is 1. The number of nitro benzene ring substituents is 1. The molecule has 0 saturated carbocycles. The number of rotatable bonds is 13. The van der Waals surface area contributed by atoms with Crippen molar-refractivity contribution in [3.8, 4) is 0 Å². The topological polar surface area (TPSA) is 283 Å². The first kappa shape index (κ1) is 36.4. The van der Waals surface area contributed by atoms with Gasteiger partial charge >= 0.3 is 21.2 Å². The fourth-order valence-corrected chi connectivity index (χ4v) is 7.71. The van der Waals surface area contributed by atoms with Crippen LogP contribution in [0.1, 0.15) is 38.7 Å². The van der Waals surface area contributed by atoms with Crippen LogP contribution in [0.15, 0.2) is 54.1 Å². The number of aliphatic hydroxyl groups excluding tert-OH is 1. The molecule has 1 aliphatic heterocycles. The molecule has 49 heavy (non-hydrogen) atoms. The number of phosphoric acid groups is 1. The lowest BCUT2D eigenvalue weighted by Gasteiger charge is -2.31. The zero-order valence-corrected chi connectivity index (χ0v) is 28.3. The third-order valence-corrected chi connectivity index (χ3v) is 10.4. The number of nitrogens with zero attached hydrogens (tertiary/aromatic N) is 6. The number of H-pyrrole nitrogens is 1. The second-order valence-corrected chi connectivity index (χ2v) is 15.4. The van der Waals surface area contributed by atoms with Gasteiger partial charge in [-0.15, -0.1) is 0 Å². The molecule has 0 spiro atoms. The molecule has 4 unspecified atom stereocenters. The predicted octanol–water partition coefficient (Wildman–Crippen LogP) is 1.42. The van der Waals surface area contributed by atoms with Gasteiger partial charge in [0.2, 0.25) is 11.7 Å². The lowest BCUT2D eigenvalue weighted by Crippen LogP contribution is -2.47. The minimum atomic E-state index is -5.25. The Morgan fingerprint density at radius 1 is 1.27 bits per heavy atom. The largest absolute Gasteiger partial charge is 0.480 e. The van der Waals surface area contributed by atoms with Crippen LogP contribution in [0.3, 0.4) is 0 Å². The first-order chi connectivity index (χ1) is 22.9. The van der Waals surface area contributed by atoms with Crippen molar-refractivity contribution in [1.29, 1.82) is 0 Å². The van der Waals surface area contributed by atoms with Gasteiger partial charge in [-0.1, -0.05) is 37.9 Å². The number of aromatic nitrogens is 6. The molecule has 266 valence electrons. The Hall–Kier alpha value is -3.88. The van der Waals surface area contributed by atoms with Crippen LogP contribution in [0.5, 0.6) is 0 Å². The summed E-state index contributed by atoms with van der Waals surface area (Å²) in [5.41, 5.74) is 4.77. The summed E-state index contributed by atoms with van der Waals surface area (Å²) in [6.45, 7) is 4.05. The van der Waals surface area contributed by atoms with E-state index < -0.39 is 75.5 Å². The van der Waals surface area contributed by atoms with E-state index in [0.717, 1.165) is 18.7 Å². The Morgan fingerprint density at radius 3 is 2.63 bits per heavy atom. The average Bonchev–Trinajstić information content (AvgIpc) is 3.72. The van der Waals surface area contributed by atoms with Crippen molar-refractivity contribution >= 4 is 38.4 Å². The summed E-state index contributed by atoms with van der Waals surface area (Å²) in [7, 11) is -8.61. The third kappa shape index (κ3) is 7.81. The van der Waals surface area contributed by atoms with Gasteiger partial charge in [0, 0.05) is 18.5 Å². The number of nitrogen functional groups attached to an aromatic ring is 1. The van der Waals surface area contributed by atoms with Gasteiger partial charge in [0.05, 0.1) is 30.2 Å². The van der Waals surface area contributed by atoms with Gasteiger partial charge in [-0.25, -0.2) is 23.0 Å². The van der Waals surface area contributed by atoms with E-state index in [9.17, 15) is 38.9 Å². The number of nitrogens with one attached hydrogen (secondary N) is 1. The monoisotopic (exact) mass is 729 g/mol. The van der Waals surface area contributed by atoms with E-state index in [0.29, 0.717) is 4.34 Å². The minimum absolute atomic E-state index is 0.0298. The van der Waals surface area contributed by atoms with Gasteiger partial charge in [0.25, 0.3) is 17.2 Å². The molecule has 1 aromatic carbocycles. The van der Waals surface area contributed by atoms with E-state index in [1.165, 1.54) is 27.6 Å². The highest BCUT2D eigenvalue weighted by Crippen LogP contribution is 2.60. The van der Waals surface area contributed by atoms with E-state index in [2.05, 4.69) is 19.3 Å². The quantitative estimate of drug-likeness (QED) is 0.0428. The summed E-state index contributed by atoms with van der Waals surface area (Å²) in [4.78, 5) is 54.4. The van der Waals surface area contributed by atoms with Gasteiger partial charge in [0.15, 0.2) is 6.33 Å². The number of aliphatic hydroxyl groups is 1. The highest BCUT2D eigenvalue weighted by Gasteiger charge is 2.50. The lowest BCUT2D eigenvalue weighted by atomic mass is 9.84. The van der Waals surface area contributed by atoms with Gasteiger partial charge in [-0.05, 0) is 11.5 Å². The molecule has 1 fully saturated rings. The zero-order chi connectivity index (χ0) is 35.9. The van der Waals surface area contributed by atoms with E-state index in [1.807, 2.05) is 20.8 Å². The molecule has 21 nitrogen and oxygen atoms in total. The standard InChI is InChI=1S/C26H34N8O13P2/c1-26(2,3)21(15-7-5-6-8-16(15)34(37)38)44-14-43-20-19(35)17(11-45-49(41,42)47-48(39,40)32-10-9-28-12-32)46-24(20)33-13-31(4)18-22(33)29-25(27)30-23(18)36/h5-10,12-13,17,19-21,24,35H,11,14H2,1-4H3,(H4-,27,29,30,36,39,40,41,42)/p+1/t17-,19?,20+,21?,24-/m1/s1. The van der Waals surface area contributed by atoms with Gasteiger partial charge in [-0.2, -0.15) is 4.31 Å². The van der Waals surface area contributed by atoms with E-state index in [4.69, 9.17) is 24.5 Å². The molecule has 4 heterocycles. The lowest BCUT2D eigenvalue weighted by molar-refractivity contribution is -0.746. The van der Waals surface area contributed by atoms with Gasteiger partial charge in [0.1, 0.15) is 31.4 Å². The first-order valence-electron chi connectivity index (χ1n) is 14.5. The van der Waals surface area contributed by atoms with Gasteiger partial charge < -0.3 is 34.8 Å². The Morgan fingerprint density at radius 2 is 1.98 bits per heavy atom. The second-order valence-electron chi connectivity index (χ2n) is 12.1. The van der Waals surface area contributed by atoms with Crippen LogP contribution in [0.2, 0.25) is 0 Å². The highest BCUT2D eigenvalue weighted by atomic mass is 31.3. The normalized spacial score (nSPS) is 22.9. The minimum Gasteiger partial charge on any atom is -0.387 e. The van der Waals surface area contributed by atoms with E-state index >= 15 is 0 Å². The Labute approximate surface area is 277 Å². The number of fused-ring (bicyclic) bond motifs is 1. The van der Waals surface area contributed by atoms with Crippen molar-refractivity contribution in [2.75, 3.05) is 19.1 Å². The smallest absolute Gasteiger partial charge is 0.387 e. The van der Waals surface area contributed by atoms with Crippen LogP contribution in [-0.2, 0) is 39.2 Å². The van der Waals surface area contributed by atoms with Crippen molar-refractivity contribution < 1.29 is 56.6 Å². The molecule has 1 aliphatic rings. The SMILES string of the molecule is Cn1c[n+]([C@@H]2O[C@H](COP(=O)(O)OP(=O)(O)n3ccnc3)C(O)[C@@H]2OCOC(c2ccccc2[N+](=O)[O-])C(C)(C)C)c2nc(N)[nH]c(=O)c21. The van der Waals surface area contributed by atoms with Gasteiger partial charge in [-0.3, -0.25) is 29.0 Å². The van der Waals surface area contributed by atoms with Crippen LogP contribution in [0.25, 0.3) is 11.2 Å². The zero-order valence-electron chi connectivity index (χ0n) is 26.5. The molecule has 0 aliphatic carbocycles. The van der Waals surface area contributed by atoms with Crippen LogP contribution in [0.4, 0.5) is 11.6 Å². The summed E-state index contributed by atoms with van der Waals surface area (Å²) < 4.78 is 56.0. The molecular formula is C26H35N8O13P2+. The maximum atomic E-state index is 12.7. The Kier molecular flexibility index (Phi) is 10.2. The number of anilines is 1. The van der Waals surface area contributed by atoms with E-state index in [1.54, 1.807) is 19.2 Å². The van der Waals surface area contributed by atoms with Crippen molar-refractivity contribution in [3.05, 3.63) is 75.3 Å². The van der Waals surface area contributed by atoms with Crippen molar-refractivity contribution in [2.45, 2.75) is 51.4 Å². The molecule has 1 saturated heterocycles. The number of nitro groups is 1. The molecule has 0 radical (unpaired) electrons. The Balaban J connectivity index is 1.41. The molecule has 6 N–H and O–H groups in total.